The minimum absolute atomic E-state index is 0.260. The van der Waals surface area contributed by atoms with Gasteiger partial charge in [0, 0.05) is 13.1 Å². The highest BCUT2D eigenvalue weighted by molar-refractivity contribution is 5.76. The van der Waals surface area contributed by atoms with Gasteiger partial charge in [0.2, 0.25) is 0 Å². The number of aromatic nitrogens is 3. The van der Waals surface area contributed by atoms with Crippen LogP contribution in [0.3, 0.4) is 0 Å². The molecule has 0 aliphatic heterocycles. The van der Waals surface area contributed by atoms with Crippen molar-refractivity contribution in [3.63, 3.8) is 0 Å². The maximum Gasteiger partial charge on any atom is 0.511 e. The van der Waals surface area contributed by atoms with Crippen LogP contribution < -0.4 is 4.74 Å². The number of benzene rings is 1. The van der Waals surface area contributed by atoms with Crippen molar-refractivity contribution in [2.45, 2.75) is 0 Å². The Hall–Kier alpha value is -2.11. The van der Waals surface area contributed by atoms with E-state index in [9.17, 15) is 4.79 Å². The molecular weight excluding hydrogens is 186 g/mol. The van der Waals surface area contributed by atoms with Crippen LogP contribution in [0.25, 0.3) is 11.0 Å². The van der Waals surface area contributed by atoms with Crippen molar-refractivity contribution in [3.05, 3.63) is 18.2 Å². The molecule has 0 spiro atoms. The number of carboxylic acid groups (broad SMARTS) is 1. The highest BCUT2D eigenvalue weighted by atomic mass is 16.7. The lowest BCUT2D eigenvalue weighted by Gasteiger charge is -1.98. The normalized spacial score (nSPS) is 10.4. The molecule has 2 rings (SSSR count). The first-order valence-corrected chi connectivity index (χ1v) is 3.87. The molecule has 1 aromatic carbocycles. The second-order valence-electron chi connectivity index (χ2n) is 2.73. The van der Waals surface area contributed by atoms with Crippen molar-refractivity contribution in [2.24, 2.45) is 7.05 Å². The van der Waals surface area contributed by atoms with Crippen molar-refractivity contribution in [3.8, 4) is 5.75 Å². The van der Waals surface area contributed by atoms with E-state index < -0.39 is 6.16 Å². The predicted molar refractivity (Wildman–Crippen MR) is 47.2 cm³/mol. The molecule has 6 nitrogen and oxygen atoms in total. The van der Waals surface area contributed by atoms with Gasteiger partial charge in [0.15, 0.2) is 0 Å². The number of nitrogens with zero attached hydrogens (tertiary/aromatic N) is 3. The molecule has 0 aliphatic carbocycles. The molecule has 0 atom stereocenters. The smallest absolute Gasteiger partial charge is 0.449 e. The number of aryl methyl sites for hydroxylation is 1. The van der Waals surface area contributed by atoms with Gasteiger partial charge in [0.1, 0.15) is 11.3 Å². The first-order valence-electron chi connectivity index (χ1n) is 3.87. The van der Waals surface area contributed by atoms with Gasteiger partial charge >= 0.3 is 6.16 Å². The van der Waals surface area contributed by atoms with Gasteiger partial charge in [0.05, 0.1) is 5.52 Å². The van der Waals surface area contributed by atoms with Crippen LogP contribution in [0.2, 0.25) is 0 Å². The van der Waals surface area contributed by atoms with Gasteiger partial charge in [-0.1, -0.05) is 5.21 Å². The van der Waals surface area contributed by atoms with Crippen molar-refractivity contribution >= 4 is 17.2 Å². The molecular formula is C8H7N3O3. The number of hydrogen-bond acceptors (Lipinski definition) is 4. The number of ether oxygens (including phenoxy) is 1. The maximum atomic E-state index is 10.3. The SMILES string of the molecule is Cn1nnc2ccc(OC(=O)O)cc21. The van der Waals surface area contributed by atoms with Crippen LogP contribution in [-0.4, -0.2) is 26.3 Å². The van der Waals surface area contributed by atoms with Crippen LogP contribution >= 0.6 is 0 Å². The van der Waals surface area contributed by atoms with Crippen molar-refractivity contribution < 1.29 is 14.6 Å². The fraction of sp³-hybridized carbons (Fsp3) is 0.125. The molecule has 0 unspecified atom stereocenters. The number of rotatable bonds is 1. The van der Waals surface area contributed by atoms with Gasteiger partial charge in [-0.25, -0.2) is 9.48 Å². The Morgan fingerprint density at radius 3 is 3.07 bits per heavy atom. The van der Waals surface area contributed by atoms with Crippen LogP contribution in [0.15, 0.2) is 18.2 Å². The fourth-order valence-corrected chi connectivity index (χ4v) is 1.17. The summed E-state index contributed by atoms with van der Waals surface area (Å²) in [5.74, 6) is 0.260. The van der Waals surface area contributed by atoms with E-state index in [0.717, 1.165) is 5.52 Å². The lowest BCUT2D eigenvalue weighted by molar-refractivity contribution is 0.144. The Morgan fingerprint density at radius 1 is 1.57 bits per heavy atom. The minimum atomic E-state index is -1.33. The Kier molecular flexibility index (Phi) is 1.81. The molecule has 1 aromatic heterocycles. The number of hydrogen-bond donors (Lipinski definition) is 1. The van der Waals surface area contributed by atoms with Crippen molar-refractivity contribution in [2.75, 3.05) is 0 Å². The lowest BCUT2D eigenvalue weighted by Crippen LogP contribution is -2.02. The van der Waals surface area contributed by atoms with Gasteiger partial charge in [-0.2, -0.15) is 0 Å². The van der Waals surface area contributed by atoms with E-state index in [1.807, 2.05) is 0 Å². The van der Waals surface area contributed by atoms with Crippen molar-refractivity contribution in [1.82, 2.24) is 15.0 Å². The molecule has 2 aromatic rings. The zero-order valence-electron chi connectivity index (χ0n) is 7.34. The second kappa shape index (κ2) is 2.99. The highest BCUT2D eigenvalue weighted by Gasteiger charge is 2.05. The average molecular weight is 193 g/mol. The molecule has 0 bridgehead atoms. The summed E-state index contributed by atoms with van der Waals surface area (Å²) in [7, 11) is 1.72. The molecule has 1 N–H and O–H groups in total. The maximum absolute atomic E-state index is 10.3. The van der Waals surface area contributed by atoms with Gasteiger partial charge in [-0.3, -0.25) is 0 Å². The zero-order chi connectivity index (χ0) is 10.1. The van der Waals surface area contributed by atoms with Crippen LogP contribution in [0.5, 0.6) is 5.75 Å². The van der Waals surface area contributed by atoms with Crippen LogP contribution in [-0.2, 0) is 7.05 Å². The van der Waals surface area contributed by atoms with Crippen LogP contribution in [0.1, 0.15) is 0 Å². The van der Waals surface area contributed by atoms with Gasteiger partial charge in [0.25, 0.3) is 0 Å². The zero-order valence-corrected chi connectivity index (χ0v) is 7.34. The highest BCUT2D eigenvalue weighted by Crippen LogP contribution is 2.18. The van der Waals surface area contributed by atoms with E-state index in [0.29, 0.717) is 5.52 Å². The first kappa shape index (κ1) is 8.49. The third-order valence-corrected chi connectivity index (χ3v) is 1.79. The number of fused-ring (bicyclic) bond motifs is 1. The van der Waals surface area contributed by atoms with E-state index in [2.05, 4.69) is 15.0 Å². The average Bonchev–Trinajstić information content (AvgIpc) is 2.47. The Labute approximate surface area is 78.7 Å². The predicted octanol–water partition coefficient (Wildman–Crippen LogP) is 1.03. The van der Waals surface area contributed by atoms with E-state index >= 15 is 0 Å². The van der Waals surface area contributed by atoms with Crippen molar-refractivity contribution in [1.29, 1.82) is 0 Å². The molecule has 0 radical (unpaired) electrons. The third-order valence-electron chi connectivity index (χ3n) is 1.79. The molecule has 1 heterocycles. The topological polar surface area (TPSA) is 77.2 Å². The minimum Gasteiger partial charge on any atom is -0.449 e. The van der Waals surface area contributed by atoms with Crippen LogP contribution in [0.4, 0.5) is 4.79 Å². The summed E-state index contributed by atoms with van der Waals surface area (Å²) in [4.78, 5) is 10.3. The van der Waals surface area contributed by atoms with E-state index in [1.54, 1.807) is 23.9 Å². The quantitative estimate of drug-likeness (QED) is 0.540. The summed E-state index contributed by atoms with van der Waals surface area (Å²) in [6.45, 7) is 0. The van der Waals surface area contributed by atoms with E-state index in [1.165, 1.54) is 6.07 Å². The van der Waals surface area contributed by atoms with Crippen LogP contribution in [0, 0.1) is 0 Å². The molecule has 0 amide bonds. The largest absolute Gasteiger partial charge is 0.511 e. The standard InChI is InChI=1S/C8H7N3O3/c1-11-7-4-5(14-8(12)13)2-3-6(7)9-10-11/h2-4H,1H3,(H,12,13). The monoisotopic (exact) mass is 193 g/mol. The molecule has 0 saturated carbocycles. The molecule has 0 saturated heterocycles. The second-order valence-corrected chi connectivity index (χ2v) is 2.73. The summed E-state index contributed by atoms with van der Waals surface area (Å²) >= 11 is 0. The van der Waals surface area contributed by atoms with Gasteiger partial charge in [-0.05, 0) is 12.1 Å². The Morgan fingerprint density at radius 2 is 2.36 bits per heavy atom. The molecule has 14 heavy (non-hydrogen) atoms. The summed E-state index contributed by atoms with van der Waals surface area (Å²) in [6, 6.07) is 4.76. The molecule has 72 valence electrons. The Bertz CT molecular complexity index is 492. The summed E-state index contributed by atoms with van der Waals surface area (Å²) < 4.78 is 6.04. The van der Waals surface area contributed by atoms with E-state index in [-0.39, 0.29) is 5.75 Å². The molecule has 0 fully saturated rings. The molecule has 0 aliphatic rings. The fourth-order valence-electron chi connectivity index (χ4n) is 1.17. The van der Waals surface area contributed by atoms with Gasteiger partial charge in [-0.15, -0.1) is 5.10 Å². The third kappa shape index (κ3) is 1.37. The summed E-state index contributed by atoms with van der Waals surface area (Å²) in [6.07, 6.45) is -1.33. The first-order chi connectivity index (χ1) is 6.66. The van der Waals surface area contributed by atoms with Gasteiger partial charge < -0.3 is 9.84 Å². The van der Waals surface area contributed by atoms with E-state index in [4.69, 9.17) is 5.11 Å². The molecule has 6 heteroatoms. The lowest BCUT2D eigenvalue weighted by atomic mass is 10.3. The number of carbonyl (C=O) groups is 1. The Balaban J connectivity index is 2.49. The summed E-state index contributed by atoms with van der Waals surface area (Å²) in [5, 5.41) is 16.0. The summed E-state index contributed by atoms with van der Waals surface area (Å²) in [5.41, 5.74) is 1.42.